The second-order valence-electron chi connectivity index (χ2n) is 4.70. The number of carbonyl (C=O) groups excluding carboxylic acids is 1. The van der Waals surface area contributed by atoms with E-state index < -0.39 is 10.8 Å². The fourth-order valence-electron chi connectivity index (χ4n) is 1.89. The molecule has 0 radical (unpaired) electrons. The monoisotopic (exact) mass is 354 g/mol. The number of nitrogens with one attached hydrogen (secondary N) is 1. The molecule has 0 aliphatic carbocycles. The van der Waals surface area contributed by atoms with Crippen molar-refractivity contribution < 1.29 is 14.5 Å². The normalized spacial score (nSPS) is 10.2. The van der Waals surface area contributed by atoms with Gasteiger partial charge in [-0.1, -0.05) is 23.2 Å². The van der Waals surface area contributed by atoms with Gasteiger partial charge in [0.25, 0.3) is 11.6 Å². The van der Waals surface area contributed by atoms with E-state index in [9.17, 15) is 14.9 Å². The second kappa shape index (κ2) is 7.30. The Morgan fingerprint density at radius 2 is 1.87 bits per heavy atom. The van der Waals surface area contributed by atoms with Gasteiger partial charge in [0.15, 0.2) is 6.61 Å². The number of nitro benzene ring substituents is 1. The largest absolute Gasteiger partial charge is 0.484 e. The fraction of sp³-hybridized carbons (Fsp3) is 0.133. The molecule has 0 fully saturated rings. The van der Waals surface area contributed by atoms with Crippen LogP contribution in [-0.2, 0) is 4.79 Å². The molecule has 0 unspecified atom stereocenters. The number of amides is 1. The molecular formula is C15H12Cl2N2O4. The van der Waals surface area contributed by atoms with Crippen LogP contribution in [0.15, 0.2) is 36.4 Å². The molecule has 1 amide bonds. The first-order valence-corrected chi connectivity index (χ1v) is 7.24. The van der Waals surface area contributed by atoms with Crippen LogP contribution in [0.5, 0.6) is 5.75 Å². The summed E-state index contributed by atoms with van der Waals surface area (Å²) in [6, 6.07) is 8.94. The molecule has 0 aliphatic heterocycles. The first kappa shape index (κ1) is 17.1. The van der Waals surface area contributed by atoms with Gasteiger partial charge in [0, 0.05) is 27.4 Å². The average molecular weight is 355 g/mol. The molecule has 120 valence electrons. The van der Waals surface area contributed by atoms with Gasteiger partial charge in [0.2, 0.25) is 0 Å². The summed E-state index contributed by atoms with van der Waals surface area (Å²) in [7, 11) is 0. The van der Waals surface area contributed by atoms with Crippen LogP contribution in [0.25, 0.3) is 0 Å². The molecule has 6 nitrogen and oxygen atoms in total. The van der Waals surface area contributed by atoms with Crippen molar-refractivity contribution in [3.63, 3.8) is 0 Å². The van der Waals surface area contributed by atoms with Crippen molar-refractivity contribution in [3.8, 4) is 5.75 Å². The topological polar surface area (TPSA) is 81.5 Å². The lowest BCUT2D eigenvalue weighted by molar-refractivity contribution is -0.385. The molecule has 0 saturated heterocycles. The minimum atomic E-state index is -0.477. The Kier molecular flexibility index (Phi) is 5.41. The number of aryl methyl sites for hydroxylation is 1. The van der Waals surface area contributed by atoms with Crippen LogP contribution in [0.4, 0.5) is 11.4 Å². The number of hydrogen-bond acceptors (Lipinski definition) is 4. The molecule has 0 aromatic heterocycles. The molecule has 23 heavy (non-hydrogen) atoms. The minimum absolute atomic E-state index is 0.00429. The van der Waals surface area contributed by atoms with Crippen LogP contribution in [-0.4, -0.2) is 17.4 Å². The number of rotatable bonds is 5. The van der Waals surface area contributed by atoms with Gasteiger partial charge in [-0.3, -0.25) is 14.9 Å². The quantitative estimate of drug-likeness (QED) is 0.643. The van der Waals surface area contributed by atoms with Crippen molar-refractivity contribution in [2.45, 2.75) is 6.92 Å². The molecule has 0 aliphatic rings. The van der Waals surface area contributed by atoms with E-state index in [2.05, 4.69) is 5.32 Å². The highest BCUT2D eigenvalue weighted by atomic mass is 35.5. The zero-order valence-corrected chi connectivity index (χ0v) is 13.5. The van der Waals surface area contributed by atoms with Crippen LogP contribution in [0, 0.1) is 17.0 Å². The number of ether oxygens (including phenoxy) is 1. The van der Waals surface area contributed by atoms with E-state index in [1.165, 1.54) is 18.2 Å². The molecule has 2 rings (SSSR count). The van der Waals surface area contributed by atoms with E-state index in [-0.39, 0.29) is 12.3 Å². The van der Waals surface area contributed by atoms with Crippen LogP contribution >= 0.6 is 23.2 Å². The number of carbonyl (C=O) groups is 1. The fourth-order valence-corrected chi connectivity index (χ4v) is 2.42. The van der Waals surface area contributed by atoms with Gasteiger partial charge in [-0.15, -0.1) is 0 Å². The molecule has 0 spiro atoms. The van der Waals surface area contributed by atoms with E-state index in [0.29, 0.717) is 27.0 Å². The molecule has 8 heteroatoms. The lowest BCUT2D eigenvalue weighted by atomic mass is 10.2. The third-order valence-corrected chi connectivity index (χ3v) is 3.32. The Balaban J connectivity index is 1.96. The van der Waals surface area contributed by atoms with Gasteiger partial charge in [-0.05, 0) is 37.3 Å². The predicted molar refractivity (Wildman–Crippen MR) is 88.4 cm³/mol. The highest BCUT2D eigenvalue weighted by Crippen LogP contribution is 2.24. The van der Waals surface area contributed by atoms with E-state index in [1.54, 1.807) is 25.1 Å². The van der Waals surface area contributed by atoms with Gasteiger partial charge in [-0.25, -0.2) is 0 Å². The van der Waals surface area contributed by atoms with E-state index >= 15 is 0 Å². The third kappa shape index (κ3) is 4.84. The first-order chi connectivity index (χ1) is 10.8. The van der Waals surface area contributed by atoms with Crippen molar-refractivity contribution >= 4 is 40.5 Å². The number of nitrogens with zero attached hydrogens (tertiary/aromatic N) is 1. The SMILES string of the molecule is Cc1cc(OCC(=O)Nc2cc(Cl)cc(Cl)c2)ccc1[N+](=O)[O-]. The third-order valence-electron chi connectivity index (χ3n) is 2.88. The van der Waals surface area contributed by atoms with E-state index in [0.717, 1.165) is 0 Å². The molecule has 0 heterocycles. The summed E-state index contributed by atoms with van der Waals surface area (Å²) in [6.45, 7) is 1.35. The molecule has 2 aromatic carbocycles. The van der Waals surface area contributed by atoms with Crippen LogP contribution < -0.4 is 10.1 Å². The second-order valence-corrected chi connectivity index (χ2v) is 5.57. The Morgan fingerprint density at radius 3 is 2.43 bits per heavy atom. The molecular weight excluding hydrogens is 343 g/mol. The summed E-state index contributed by atoms with van der Waals surface area (Å²) < 4.78 is 5.32. The van der Waals surface area contributed by atoms with Gasteiger partial charge in [-0.2, -0.15) is 0 Å². The zero-order valence-electron chi connectivity index (χ0n) is 12.0. The van der Waals surface area contributed by atoms with E-state index in [4.69, 9.17) is 27.9 Å². The summed E-state index contributed by atoms with van der Waals surface area (Å²) in [5.74, 6) is -0.0354. The maximum Gasteiger partial charge on any atom is 0.272 e. The maximum atomic E-state index is 11.8. The van der Waals surface area contributed by atoms with Gasteiger partial charge >= 0.3 is 0 Å². The highest BCUT2D eigenvalue weighted by molar-refractivity contribution is 6.35. The van der Waals surface area contributed by atoms with E-state index in [1.807, 2.05) is 0 Å². The number of halogens is 2. The molecule has 2 aromatic rings. The number of nitro groups is 1. The molecule has 0 saturated carbocycles. The smallest absolute Gasteiger partial charge is 0.272 e. The summed E-state index contributed by atoms with van der Waals surface area (Å²) in [6.07, 6.45) is 0. The predicted octanol–water partition coefficient (Wildman–Crippen LogP) is 4.23. The number of benzene rings is 2. The number of hydrogen-bond donors (Lipinski definition) is 1. The first-order valence-electron chi connectivity index (χ1n) is 6.49. The Morgan fingerprint density at radius 1 is 1.22 bits per heavy atom. The van der Waals surface area contributed by atoms with Gasteiger partial charge < -0.3 is 10.1 Å². The Bertz CT molecular complexity index is 745. The molecule has 1 N–H and O–H groups in total. The van der Waals surface area contributed by atoms with Crippen molar-refractivity contribution in [2.24, 2.45) is 0 Å². The van der Waals surface area contributed by atoms with Gasteiger partial charge in [0.05, 0.1) is 4.92 Å². The van der Waals surface area contributed by atoms with Crippen LogP contribution in [0.1, 0.15) is 5.56 Å². The standard InChI is InChI=1S/C15H12Cl2N2O4/c1-9-4-13(2-3-14(9)19(21)22)23-8-15(20)18-12-6-10(16)5-11(17)7-12/h2-7H,8H2,1H3,(H,18,20). The summed E-state index contributed by atoms with van der Waals surface area (Å²) >= 11 is 11.7. The van der Waals surface area contributed by atoms with Gasteiger partial charge in [0.1, 0.15) is 5.75 Å². The van der Waals surface area contributed by atoms with Crippen molar-refractivity contribution in [1.82, 2.24) is 0 Å². The lowest BCUT2D eigenvalue weighted by Gasteiger charge is -2.09. The minimum Gasteiger partial charge on any atom is -0.484 e. The van der Waals surface area contributed by atoms with Crippen LogP contribution in [0.3, 0.4) is 0 Å². The number of anilines is 1. The average Bonchev–Trinajstić information content (AvgIpc) is 2.43. The van der Waals surface area contributed by atoms with Crippen molar-refractivity contribution in [1.29, 1.82) is 0 Å². The van der Waals surface area contributed by atoms with Crippen molar-refractivity contribution in [3.05, 3.63) is 62.1 Å². The van der Waals surface area contributed by atoms with Crippen molar-refractivity contribution in [2.75, 3.05) is 11.9 Å². The Hall–Kier alpha value is -2.31. The lowest BCUT2D eigenvalue weighted by Crippen LogP contribution is -2.20. The van der Waals surface area contributed by atoms with Crippen LogP contribution in [0.2, 0.25) is 10.0 Å². The zero-order chi connectivity index (χ0) is 17.0. The molecule has 0 bridgehead atoms. The Labute approximate surface area is 142 Å². The maximum absolute atomic E-state index is 11.8. The summed E-state index contributed by atoms with van der Waals surface area (Å²) in [5, 5.41) is 14.1. The highest BCUT2D eigenvalue weighted by Gasteiger charge is 2.11. The summed E-state index contributed by atoms with van der Waals surface area (Å²) in [5.41, 5.74) is 0.904. The molecule has 0 atom stereocenters. The summed E-state index contributed by atoms with van der Waals surface area (Å²) in [4.78, 5) is 22.1.